The van der Waals surface area contributed by atoms with Crippen LogP contribution in [0.1, 0.15) is 25.3 Å². The van der Waals surface area contributed by atoms with Crippen molar-refractivity contribution in [1.29, 1.82) is 0 Å². The number of aryl methyl sites for hydroxylation is 1. The number of fused-ring (bicyclic) bond motifs is 1. The molecular weight excluding hydrogens is 480 g/mol. The van der Waals surface area contributed by atoms with Crippen molar-refractivity contribution in [3.63, 3.8) is 0 Å². The Hall–Kier alpha value is -2.33. The molecule has 3 aromatic rings. The summed E-state index contributed by atoms with van der Waals surface area (Å²) in [6.07, 6.45) is 3.87. The van der Waals surface area contributed by atoms with Gasteiger partial charge in [-0.2, -0.15) is 9.97 Å². The van der Waals surface area contributed by atoms with Crippen LogP contribution >= 0.6 is 16.1 Å². The van der Waals surface area contributed by atoms with Crippen LogP contribution in [0.3, 0.4) is 0 Å². The van der Waals surface area contributed by atoms with Crippen molar-refractivity contribution in [2.75, 3.05) is 30.3 Å². The number of hydrogen-bond donors (Lipinski definition) is 6. The van der Waals surface area contributed by atoms with Gasteiger partial charge in [-0.15, -0.1) is 0 Å². The van der Waals surface area contributed by atoms with E-state index in [0.29, 0.717) is 41.1 Å². The van der Waals surface area contributed by atoms with Gasteiger partial charge in [0.1, 0.15) is 8.46 Å². The maximum atomic E-state index is 11.7. The van der Waals surface area contributed by atoms with Gasteiger partial charge in [0, 0.05) is 24.3 Å². The number of aromatic nitrogens is 4. The molecule has 2 aromatic heterocycles. The molecule has 4 rings (SSSR count). The van der Waals surface area contributed by atoms with E-state index >= 15 is 0 Å². The molecule has 1 saturated heterocycles. The third-order valence-electron chi connectivity index (χ3n) is 5.99. The molecule has 1 aliphatic heterocycles. The van der Waals surface area contributed by atoms with E-state index in [1.54, 1.807) is 6.33 Å². The molecule has 184 valence electrons. The third kappa shape index (κ3) is 5.02. The molecule has 34 heavy (non-hydrogen) atoms. The molecular formula is C20H29N7O5P2. The number of nitrogens with one attached hydrogen (secondary N) is 3. The molecule has 0 bridgehead atoms. The van der Waals surface area contributed by atoms with Crippen LogP contribution in [0, 0.1) is 5.92 Å². The van der Waals surface area contributed by atoms with Gasteiger partial charge in [0.05, 0.1) is 6.33 Å². The summed E-state index contributed by atoms with van der Waals surface area (Å²) in [6.45, 7) is 5.45. The van der Waals surface area contributed by atoms with E-state index in [1.165, 1.54) is 24.3 Å². The summed E-state index contributed by atoms with van der Waals surface area (Å²) in [5, 5.41) is 17.5. The standard InChI is InChI=1S/C20H29N7O5P2/c1-2-27-12-23-16-17(25-19(26-18(16)27)22-11-13-7-9-21-10-8-13)24-15-5-3-14(4-6-15)20(28,33-29)34(30,31)32/h3-6,12-13,21,28H,2,7-11,33H2,1H3,(H2,30,31,32)(H2,22,24,25,26). The Labute approximate surface area is 197 Å². The van der Waals surface area contributed by atoms with E-state index in [9.17, 15) is 24.0 Å². The van der Waals surface area contributed by atoms with Crippen LogP contribution in [0.15, 0.2) is 30.6 Å². The largest absolute Gasteiger partial charge is 0.368 e. The van der Waals surface area contributed by atoms with Gasteiger partial charge in [-0.05, 0) is 50.9 Å². The minimum absolute atomic E-state index is 0.121. The predicted octanol–water partition coefficient (Wildman–Crippen LogP) is 2.04. The van der Waals surface area contributed by atoms with Gasteiger partial charge in [0.2, 0.25) is 11.0 Å². The molecule has 0 spiro atoms. The second-order valence-corrected chi connectivity index (χ2v) is 11.6. The lowest BCUT2D eigenvalue weighted by Gasteiger charge is -2.24. The Morgan fingerprint density at radius 1 is 1.24 bits per heavy atom. The Balaban J connectivity index is 1.61. The summed E-state index contributed by atoms with van der Waals surface area (Å²) in [7, 11) is -7.21. The zero-order chi connectivity index (χ0) is 24.3. The van der Waals surface area contributed by atoms with Gasteiger partial charge in [-0.1, -0.05) is 12.1 Å². The first-order valence-corrected chi connectivity index (χ1v) is 13.7. The average molecular weight is 509 g/mol. The van der Waals surface area contributed by atoms with E-state index in [-0.39, 0.29) is 5.56 Å². The fraction of sp³-hybridized carbons (Fsp3) is 0.450. The van der Waals surface area contributed by atoms with Gasteiger partial charge in [-0.25, -0.2) is 4.98 Å². The highest BCUT2D eigenvalue weighted by molar-refractivity contribution is 7.62. The SMILES string of the molecule is CCn1cnc2c(Nc3ccc(C(O)([PH2]=O)P(=O)(O)O)cc3)nc(NCC3CCNCC3)nc21. The Bertz CT molecular complexity index is 1210. The van der Waals surface area contributed by atoms with Crippen LogP contribution in [0.2, 0.25) is 0 Å². The first-order chi connectivity index (χ1) is 16.2. The van der Waals surface area contributed by atoms with E-state index in [4.69, 9.17) is 0 Å². The van der Waals surface area contributed by atoms with E-state index in [1.807, 2.05) is 11.5 Å². The maximum absolute atomic E-state index is 11.7. The minimum Gasteiger partial charge on any atom is -0.368 e. The van der Waals surface area contributed by atoms with Crippen molar-refractivity contribution in [3.05, 3.63) is 36.2 Å². The number of benzene rings is 1. The molecule has 3 heterocycles. The Kier molecular flexibility index (Phi) is 7.37. The molecule has 2 atom stereocenters. The summed E-state index contributed by atoms with van der Waals surface area (Å²) in [6, 6.07) is 5.70. The van der Waals surface area contributed by atoms with Crippen molar-refractivity contribution < 1.29 is 24.0 Å². The maximum Gasteiger partial charge on any atom is 0.368 e. The Morgan fingerprint density at radius 2 is 1.94 bits per heavy atom. The van der Waals surface area contributed by atoms with Crippen LogP contribution in [0.25, 0.3) is 11.2 Å². The monoisotopic (exact) mass is 509 g/mol. The normalized spacial score (nSPS) is 17.3. The molecule has 1 fully saturated rings. The first-order valence-electron chi connectivity index (χ1n) is 11.0. The number of imidazole rings is 1. The molecule has 0 amide bonds. The molecule has 2 unspecified atom stereocenters. The average Bonchev–Trinajstić information content (AvgIpc) is 3.26. The fourth-order valence-electron chi connectivity index (χ4n) is 3.90. The summed E-state index contributed by atoms with van der Waals surface area (Å²) in [5.41, 5.74) is 1.68. The highest BCUT2D eigenvalue weighted by Crippen LogP contribution is 2.61. The third-order valence-corrected chi connectivity index (χ3v) is 9.13. The van der Waals surface area contributed by atoms with E-state index in [2.05, 4.69) is 30.9 Å². The summed E-state index contributed by atoms with van der Waals surface area (Å²) in [5.74, 6) is 1.49. The van der Waals surface area contributed by atoms with E-state index < -0.39 is 21.1 Å². The van der Waals surface area contributed by atoms with Gasteiger partial charge in [-0.3, -0.25) is 4.57 Å². The summed E-state index contributed by atoms with van der Waals surface area (Å²) in [4.78, 5) is 32.6. The van der Waals surface area contributed by atoms with Crippen LogP contribution in [0.5, 0.6) is 0 Å². The van der Waals surface area contributed by atoms with Crippen molar-refractivity contribution in [1.82, 2.24) is 24.8 Å². The fourth-order valence-corrected chi connectivity index (χ4v) is 5.27. The predicted molar refractivity (Wildman–Crippen MR) is 131 cm³/mol. The van der Waals surface area contributed by atoms with Gasteiger partial charge >= 0.3 is 7.60 Å². The topological polar surface area (TPSA) is 175 Å². The van der Waals surface area contributed by atoms with Gasteiger partial charge in [0.15, 0.2) is 17.0 Å². The molecule has 14 heteroatoms. The summed E-state index contributed by atoms with van der Waals surface area (Å²) >= 11 is 0. The summed E-state index contributed by atoms with van der Waals surface area (Å²) < 4.78 is 25.0. The molecule has 0 saturated carbocycles. The molecule has 1 aromatic carbocycles. The minimum atomic E-state index is -5.04. The lowest BCUT2D eigenvalue weighted by Crippen LogP contribution is -2.31. The van der Waals surface area contributed by atoms with Crippen LogP contribution < -0.4 is 16.0 Å². The molecule has 0 radical (unpaired) electrons. The zero-order valence-corrected chi connectivity index (χ0v) is 20.7. The molecule has 12 nitrogen and oxygen atoms in total. The lowest BCUT2D eigenvalue weighted by molar-refractivity contribution is 0.168. The Morgan fingerprint density at radius 3 is 2.56 bits per heavy atom. The van der Waals surface area contributed by atoms with Crippen LogP contribution in [0.4, 0.5) is 17.5 Å². The van der Waals surface area contributed by atoms with Crippen molar-refractivity contribution in [3.8, 4) is 0 Å². The van der Waals surface area contributed by atoms with Crippen LogP contribution in [-0.2, 0) is 20.8 Å². The van der Waals surface area contributed by atoms with E-state index in [0.717, 1.165) is 32.5 Å². The second kappa shape index (κ2) is 10.1. The number of hydrogen-bond acceptors (Lipinski definition) is 9. The molecule has 1 aliphatic rings. The number of piperidine rings is 1. The lowest BCUT2D eigenvalue weighted by atomic mass is 9.98. The number of aliphatic hydroxyl groups is 1. The zero-order valence-electron chi connectivity index (χ0n) is 18.7. The van der Waals surface area contributed by atoms with Gasteiger partial charge < -0.3 is 40.0 Å². The van der Waals surface area contributed by atoms with Crippen molar-refractivity contribution in [2.45, 2.75) is 31.4 Å². The van der Waals surface area contributed by atoms with Crippen molar-refractivity contribution >= 4 is 44.7 Å². The van der Waals surface area contributed by atoms with Crippen molar-refractivity contribution in [2.24, 2.45) is 5.92 Å². The number of nitrogens with zero attached hydrogens (tertiary/aromatic N) is 4. The molecule has 0 aliphatic carbocycles. The first kappa shape index (κ1) is 24.8. The smallest absolute Gasteiger partial charge is 0.368 e. The number of anilines is 3. The molecule has 6 N–H and O–H groups in total. The van der Waals surface area contributed by atoms with Crippen LogP contribution in [-0.4, -0.2) is 54.0 Å². The highest BCUT2D eigenvalue weighted by Gasteiger charge is 2.46. The highest BCUT2D eigenvalue weighted by atomic mass is 31.2. The number of rotatable bonds is 9. The second-order valence-electron chi connectivity index (χ2n) is 8.26. The quantitative estimate of drug-likeness (QED) is 0.233. The van der Waals surface area contributed by atoms with Gasteiger partial charge in [0.25, 0.3) is 0 Å².